The number of nitrogens with zero attached hydrogens (tertiary/aromatic N) is 1. The molecule has 0 saturated carbocycles. The Labute approximate surface area is 170 Å². The van der Waals surface area contributed by atoms with Gasteiger partial charge in [0.25, 0.3) is 11.7 Å². The number of aliphatic hydroxyl groups is 1. The van der Waals surface area contributed by atoms with Gasteiger partial charge in [-0.25, -0.2) is 4.39 Å². The summed E-state index contributed by atoms with van der Waals surface area (Å²) >= 11 is 6.12. The van der Waals surface area contributed by atoms with Crippen LogP contribution in [0.25, 0.3) is 5.76 Å². The Morgan fingerprint density at radius 2 is 1.86 bits per heavy atom. The highest BCUT2D eigenvalue weighted by Gasteiger charge is 2.48. The van der Waals surface area contributed by atoms with Crippen molar-refractivity contribution in [1.29, 1.82) is 0 Å². The number of rotatable bonds is 3. The fourth-order valence-corrected chi connectivity index (χ4v) is 3.57. The Morgan fingerprint density at radius 3 is 2.52 bits per heavy atom. The van der Waals surface area contributed by atoms with Gasteiger partial charge in [0.15, 0.2) is 0 Å². The molecule has 1 saturated heterocycles. The van der Waals surface area contributed by atoms with E-state index in [9.17, 15) is 19.1 Å². The highest BCUT2D eigenvalue weighted by Crippen LogP contribution is 2.43. The molecule has 1 aliphatic heterocycles. The highest BCUT2D eigenvalue weighted by molar-refractivity contribution is 6.51. The third-order valence-electron chi connectivity index (χ3n) is 4.81. The van der Waals surface area contributed by atoms with E-state index in [1.165, 1.54) is 23.3 Å². The lowest BCUT2D eigenvalue weighted by atomic mass is 9.99. The van der Waals surface area contributed by atoms with Gasteiger partial charge in [0, 0.05) is 16.3 Å². The number of Topliss-reactive ketones (excluding diaryl/α,β-unsaturated/α-hetero) is 1. The van der Waals surface area contributed by atoms with Crippen molar-refractivity contribution >= 4 is 34.7 Å². The van der Waals surface area contributed by atoms with Gasteiger partial charge < -0.3 is 9.52 Å². The van der Waals surface area contributed by atoms with Crippen LogP contribution in [0.2, 0.25) is 5.02 Å². The van der Waals surface area contributed by atoms with E-state index in [4.69, 9.17) is 16.0 Å². The van der Waals surface area contributed by atoms with Crippen molar-refractivity contribution in [3.05, 3.63) is 94.2 Å². The summed E-state index contributed by atoms with van der Waals surface area (Å²) in [5.41, 5.74) is 1.22. The largest absolute Gasteiger partial charge is 0.507 e. The van der Waals surface area contributed by atoms with E-state index in [1.54, 1.807) is 37.3 Å². The molecule has 0 radical (unpaired) electrons. The van der Waals surface area contributed by atoms with Crippen LogP contribution in [0.15, 0.2) is 70.9 Å². The maximum Gasteiger partial charge on any atom is 0.300 e. The van der Waals surface area contributed by atoms with Gasteiger partial charge >= 0.3 is 0 Å². The summed E-state index contributed by atoms with van der Waals surface area (Å²) in [6, 6.07) is 12.2. The van der Waals surface area contributed by atoms with Crippen molar-refractivity contribution < 1.29 is 23.5 Å². The number of hydrogen-bond acceptors (Lipinski definition) is 4. The first kappa shape index (κ1) is 19.0. The first-order chi connectivity index (χ1) is 13.9. The Balaban J connectivity index is 1.95. The van der Waals surface area contributed by atoms with Gasteiger partial charge in [-0.15, -0.1) is 0 Å². The molecule has 29 heavy (non-hydrogen) atoms. The van der Waals surface area contributed by atoms with E-state index in [0.29, 0.717) is 16.5 Å². The third-order valence-corrected chi connectivity index (χ3v) is 5.04. The molecule has 1 atom stereocenters. The topological polar surface area (TPSA) is 70.8 Å². The number of anilines is 1. The van der Waals surface area contributed by atoms with Gasteiger partial charge in [-0.2, -0.15) is 0 Å². The zero-order valence-corrected chi connectivity index (χ0v) is 16.0. The van der Waals surface area contributed by atoms with Crippen LogP contribution in [0.5, 0.6) is 0 Å². The first-order valence-corrected chi connectivity index (χ1v) is 9.13. The van der Waals surface area contributed by atoms with Crippen molar-refractivity contribution in [2.45, 2.75) is 13.0 Å². The van der Waals surface area contributed by atoms with Crippen LogP contribution in [-0.2, 0) is 9.59 Å². The summed E-state index contributed by atoms with van der Waals surface area (Å²) in [5.74, 6) is -2.29. The summed E-state index contributed by atoms with van der Waals surface area (Å²) < 4.78 is 18.8. The highest BCUT2D eigenvalue weighted by atomic mass is 35.5. The lowest BCUT2D eigenvalue weighted by Gasteiger charge is -2.25. The van der Waals surface area contributed by atoms with Crippen LogP contribution in [0.4, 0.5) is 10.1 Å². The average molecular weight is 412 g/mol. The van der Waals surface area contributed by atoms with Crippen molar-refractivity contribution in [3.8, 4) is 0 Å². The summed E-state index contributed by atoms with van der Waals surface area (Å²) in [4.78, 5) is 27.1. The molecule has 4 rings (SSSR count). The lowest BCUT2D eigenvalue weighted by molar-refractivity contribution is -0.132. The van der Waals surface area contributed by atoms with E-state index in [-0.39, 0.29) is 11.1 Å². The summed E-state index contributed by atoms with van der Waals surface area (Å²) in [6.07, 6.45) is 1.41. The van der Waals surface area contributed by atoms with Crippen molar-refractivity contribution in [1.82, 2.24) is 0 Å². The molecule has 3 aromatic rings. The van der Waals surface area contributed by atoms with Crippen LogP contribution in [0.3, 0.4) is 0 Å². The molecule has 0 bridgehead atoms. The zero-order chi connectivity index (χ0) is 20.7. The predicted octanol–water partition coefficient (Wildman–Crippen LogP) is 5.01. The second-order valence-corrected chi connectivity index (χ2v) is 7.06. The fourth-order valence-electron chi connectivity index (χ4n) is 3.40. The van der Waals surface area contributed by atoms with Crippen molar-refractivity contribution in [2.75, 3.05) is 4.90 Å². The predicted molar refractivity (Wildman–Crippen MR) is 106 cm³/mol. The first-order valence-electron chi connectivity index (χ1n) is 8.75. The van der Waals surface area contributed by atoms with Crippen LogP contribution < -0.4 is 4.90 Å². The van der Waals surface area contributed by atoms with E-state index >= 15 is 0 Å². The van der Waals surface area contributed by atoms with Crippen LogP contribution in [0, 0.1) is 12.7 Å². The minimum absolute atomic E-state index is 0.143. The molecule has 2 aromatic carbocycles. The number of carbonyl (C=O) groups excluding carboxylic acids is 2. The molecule has 7 heteroatoms. The normalized spacial score (nSPS) is 18.4. The number of ketones is 1. The number of aliphatic hydroxyl groups excluding tert-OH is 1. The Morgan fingerprint density at radius 1 is 1.14 bits per heavy atom. The van der Waals surface area contributed by atoms with Crippen LogP contribution in [0.1, 0.15) is 22.9 Å². The van der Waals surface area contributed by atoms with Crippen LogP contribution >= 0.6 is 11.6 Å². The molecular weight excluding hydrogens is 397 g/mol. The molecule has 1 amide bonds. The molecule has 1 aromatic heterocycles. The molecule has 1 N–H and O–H groups in total. The third kappa shape index (κ3) is 3.21. The SMILES string of the molecule is Cc1ccc(Cl)cc1N1C(=O)C(=O)/C(=C(\O)c2ccc(F)cc2)C1c1ccco1. The monoisotopic (exact) mass is 411 g/mol. The minimum atomic E-state index is -0.993. The fraction of sp³-hybridized carbons (Fsp3) is 0.0909. The van der Waals surface area contributed by atoms with Gasteiger partial charge in [-0.3, -0.25) is 14.5 Å². The smallest absolute Gasteiger partial charge is 0.300 e. The van der Waals surface area contributed by atoms with E-state index < -0.39 is 29.3 Å². The molecule has 1 unspecified atom stereocenters. The van der Waals surface area contributed by atoms with Crippen molar-refractivity contribution in [3.63, 3.8) is 0 Å². The Kier molecular flexibility index (Phi) is 4.72. The summed E-state index contributed by atoms with van der Waals surface area (Å²) in [7, 11) is 0. The number of benzene rings is 2. The molecule has 5 nitrogen and oxygen atoms in total. The van der Waals surface area contributed by atoms with Crippen LogP contribution in [-0.4, -0.2) is 16.8 Å². The molecule has 146 valence electrons. The van der Waals surface area contributed by atoms with Gasteiger partial charge in [-0.1, -0.05) is 17.7 Å². The average Bonchev–Trinajstić information content (AvgIpc) is 3.31. The van der Waals surface area contributed by atoms with Gasteiger partial charge in [0.1, 0.15) is 23.4 Å². The maximum absolute atomic E-state index is 13.3. The number of carbonyl (C=O) groups is 2. The number of aryl methyl sites for hydroxylation is 1. The van der Waals surface area contributed by atoms with E-state index in [2.05, 4.69) is 0 Å². The molecular formula is C22H15ClFNO4. The van der Waals surface area contributed by atoms with Gasteiger partial charge in [0.05, 0.1) is 11.8 Å². The summed E-state index contributed by atoms with van der Waals surface area (Å²) in [6.45, 7) is 1.78. The standard InChI is InChI=1S/C22H15ClFNO4/c1-12-4-7-14(23)11-16(12)25-19(17-3-2-10-29-17)18(21(27)22(25)28)20(26)13-5-8-15(24)9-6-13/h2-11,19,26H,1H3/b20-18-. The maximum atomic E-state index is 13.3. The quantitative estimate of drug-likeness (QED) is 0.374. The Bertz CT molecular complexity index is 1140. The second-order valence-electron chi connectivity index (χ2n) is 6.62. The minimum Gasteiger partial charge on any atom is -0.507 e. The second kappa shape index (κ2) is 7.22. The number of amides is 1. The molecule has 1 fully saturated rings. The van der Waals surface area contributed by atoms with Gasteiger partial charge in [0.2, 0.25) is 0 Å². The van der Waals surface area contributed by atoms with E-state index in [0.717, 1.165) is 17.7 Å². The number of furan rings is 1. The molecule has 0 aliphatic carbocycles. The van der Waals surface area contributed by atoms with Gasteiger partial charge in [-0.05, 0) is 61.0 Å². The Hall–Kier alpha value is -3.38. The summed E-state index contributed by atoms with van der Waals surface area (Å²) in [5, 5.41) is 11.2. The molecule has 2 heterocycles. The number of halogens is 2. The molecule has 0 spiro atoms. The van der Waals surface area contributed by atoms with Crippen molar-refractivity contribution in [2.24, 2.45) is 0 Å². The number of hydrogen-bond donors (Lipinski definition) is 1. The molecule has 1 aliphatic rings. The zero-order valence-electron chi connectivity index (χ0n) is 15.2. The lowest BCUT2D eigenvalue weighted by Crippen LogP contribution is -2.30. The van der Waals surface area contributed by atoms with E-state index in [1.807, 2.05) is 0 Å².